The van der Waals surface area contributed by atoms with E-state index in [1.54, 1.807) is 4.90 Å². The summed E-state index contributed by atoms with van der Waals surface area (Å²) in [5, 5.41) is 15.4. The molecule has 1 saturated heterocycles. The summed E-state index contributed by atoms with van der Waals surface area (Å²) in [6, 6.07) is -0.0918. The molecule has 0 spiro atoms. The van der Waals surface area contributed by atoms with Crippen molar-refractivity contribution in [1.82, 2.24) is 15.5 Å². The van der Waals surface area contributed by atoms with Crippen molar-refractivity contribution in [3.63, 3.8) is 0 Å². The van der Waals surface area contributed by atoms with Crippen molar-refractivity contribution in [2.45, 2.75) is 92.8 Å². The van der Waals surface area contributed by atoms with Crippen LogP contribution in [0.2, 0.25) is 0 Å². The zero-order valence-electron chi connectivity index (χ0n) is 21.8. The van der Waals surface area contributed by atoms with Crippen LogP contribution in [0, 0.1) is 45.3 Å². The molecule has 6 atom stereocenters. The maximum absolute atomic E-state index is 13.6. The second-order valence-corrected chi connectivity index (χ2v) is 13.0. The molecule has 3 rings (SSSR count). The first kappa shape index (κ1) is 26.2. The van der Waals surface area contributed by atoms with E-state index in [1.165, 1.54) is 6.92 Å². The van der Waals surface area contributed by atoms with Crippen molar-refractivity contribution >= 4 is 23.5 Å². The molecule has 8 heteroatoms. The standard InChI is InChI=1S/C26H40N4O4/c1-14(31)28-21(24(2,3)4)23(34)30-13-17-19(26(17,7)8)20(30)22(33)29-16(12-27)9-15-10-25(5,6)11-18(15)32/h15-17,19-21H,9-11,13H2,1-8H3,(H,28,31)(H,29,33)/t15-,16+,17+,19+,20+,21-/m1/s1. The molecule has 0 unspecified atom stereocenters. The Kier molecular flexibility index (Phi) is 6.67. The first-order valence-electron chi connectivity index (χ1n) is 12.3. The largest absolute Gasteiger partial charge is 0.344 e. The van der Waals surface area contributed by atoms with Gasteiger partial charge in [0, 0.05) is 25.8 Å². The number of nitriles is 1. The molecule has 3 aliphatic rings. The summed E-state index contributed by atoms with van der Waals surface area (Å²) in [5.74, 6) is -0.818. The molecule has 3 amide bonds. The van der Waals surface area contributed by atoms with Crippen LogP contribution < -0.4 is 10.6 Å². The van der Waals surface area contributed by atoms with E-state index in [1.807, 2.05) is 34.6 Å². The van der Waals surface area contributed by atoms with E-state index in [2.05, 4.69) is 30.6 Å². The fraction of sp³-hybridized carbons (Fsp3) is 0.808. The predicted molar refractivity (Wildman–Crippen MR) is 127 cm³/mol. The second-order valence-electron chi connectivity index (χ2n) is 13.0. The van der Waals surface area contributed by atoms with Crippen molar-refractivity contribution in [3.8, 4) is 6.07 Å². The number of carbonyl (C=O) groups excluding carboxylic acids is 4. The van der Waals surface area contributed by atoms with Crippen LogP contribution in [-0.4, -0.2) is 53.1 Å². The number of carbonyl (C=O) groups is 4. The van der Waals surface area contributed by atoms with E-state index in [4.69, 9.17) is 0 Å². The van der Waals surface area contributed by atoms with Crippen LogP contribution in [0.4, 0.5) is 0 Å². The van der Waals surface area contributed by atoms with Gasteiger partial charge in [-0.3, -0.25) is 19.2 Å². The average molecular weight is 473 g/mol. The van der Waals surface area contributed by atoms with E-state index in [0.29, 0.717) is 25.8 Å². The van der Waals surface area contributed by atoms with Crippen LogP contribution in [0.15, 0.2) is 0 Å². The van der Waals surface area contributed by atoms with Crippen molar-refractivity contribution in [2.75, 3.05) is 6.54 Å². The molecule has 2 aliphatic carbocycles. The molecule has 3 fully saturated rings. The summed E-state index contributed by atoms with van der Waals surface area (Å²) in [7, 11) is 0. The highest BCUT2D eigenvalue weighted by molar-refractivity contribution is 5.94. The quantitative estimate of drug-likeness (QED) is 0.615. The Morgan fingerprint density at radius 1 is 1.18 bits per heavy atom. The molecular weight excluding hydrogens is 432 g/mol. The molecule has 2 N–H and O–H groups in total. The summed E-state index contributed by atoms with van der Waals surface area (Å²) < 4.78 is 0. The molecule has 0 bridgehead atoms. The molecule has 1 heterocycles. The highest BCUT2D eigenvalue weighted by Gasteiger charge is 2.69. The van der Waals surface area contributed by atoms with Crippen molar-refractivity contribution in [2.24, 2.45) is 34.0 Å². The van der Waals surface area contributed by atoms with Crippen LogP contribution >= 0.6 is 0 Å². The van der Waals surface area contributed by atoms with E-state index in [-0.39, 0.29) is 52.1 Å². The summed E-state index contributed by atoms with van der Waals surface area (Å²) >= 11 is 0. The molecule has 0 aromatic carbocycles. The monoisotopic (exact) mass is 472 g/mol. The summed E-state index contributed by atoms with van der Waals surface area (Å²) in [4.78, 5) is 52.9. The number of ketones is 1. The third-order valence-electron chi connectivity index (χ3n) is 8.12. The molecule has 188 valence electrons. The van der Waals surface area contributed by atoms with E-state index < -0.39 is 23.5 Å². The van der Waals surface area contributed by atoms with Gasteiger partial charge in [-0.05, 0) is 40.9 Å². The van der Waals surface area contributed by atoms with Crippen molar-refractivity contribution in [3.05, 3.63) is 0 Å². The summed E-state index contributed by atoms with van der Waals surface area (Å²) in [5.41, 5.74) is -0.689. The SMILES string of the molecule is CC(=O)N[C@H](C(=O)N1C[C@H]2[C@@H]([C@H]1C(=O)N[C@H](C#N)C[C@@H]1CC(C)(C)CC1=O)C2(C)C)C(C)(C)C. The number of likely N-dealkylation sites (tertiary alicyclic amines) is 1. The topological polar surface area (TPSA) is 119 Å². The Hall–Kier alpha value is -2.43. The normalized spacial score (nSPS) is 30.7. The first-order valence-corrected chi connectivity index (χ1v) is 12.3. The summed E-state index contributed by atoms with van der Waals surface area (Å²) in [6.07, 6.45) is 1.48. The number of nitrogens with one attached hydrogen (secondary N) is 2. The average Bonchev–Trinajstić information content (AvgIpc) is 2.99. The molecular formula is C26H40N4O4. The predicted octanol–water partition coefficient (Wildman–Crippen LogP) is 2.42. The molecule has 0 aromatic rings. The number of piperidine rings is 1. The Bertz CT molecular complexity index is 926. The lowest BCUT2D eigenvalue weighted by Gasteiger charge is -2.37. The minimum Gasteiger partial charge on any atom is -0.344 e. The lowest BCUT2D eigenvalue weighted by molar-refractivity contribution is -0.145. The number of hydrogen-bond acceptors (Lipinski definition) is 5. The second kappa shape index (κ2) is 8.66. The fourth-order valence-corrected chi connectivity index (χ4v) is 6.20. The number of rotatable bonds is 6. The van der Waals surface area contributed by atoms with E-state index in [9.17, 15) is 24.4 Å². The Labute approximate surface area is 203 Å². The Morgan fingerprint density at radius 2 is 1.79 bits per heavy atom. The highest BCUT2D eigenvalue weighted by atomic mass is 16.2. The zero-order chi connectivity index (χ0) is 25.8. The van der Waals surface area contributed by atoms with Gasteiger partial charge in [-0.25, -0.2) is 0 Å². The number of hydrogen-bond donors (Lipinski definition) is 2. The van der Waals surface area contributed by atoms with Gasteiger partial charge in [0.05, 0.1) is 6.07 Å². The van der Waals surface area contributed by atoms with Crippen LogP contribution in [-0.2, 0) is 19.2 Å². The van der Waals surface area contributed by atoms with Gasteiger partial charge in [0.1, 0.15) is 23.9 Å². The Morgan fingerprint density at radius 3 is 2.26 bits per heavy atom. The number of amides is 3. The van der Waals surface area contributed by atoms with E-state index in [0.717, 1.165) is 0 Å². The Balaban J connectivity index is 1.78. The van der Waals surface area contributed by atoms with Gasteiger partial charge in [0.15, 0.2) is 0 Å². The van der Waals surface area contributed by atoms with Gasteiger partial charge in [0.25, 0.3) is 0 Å². The number of nitrogens with zero attached hydrogens (tertiary/aromatic N) is 2. The maximum Gasteiger partial charge on any atom is 0.246 e. The number of fused-ring (bicyclic) bond motifs is 1. The van der Waals surface area contributed by atoms with Crippen LogP contribution in [0.25, 0.3) is 0 Å². The third kappa shape index (κ3) is 4.99. The van der Waals surface area contributed by atoms with Gasteiger partial charge in [-0.15, -0.1) is 0 Å². The number of Topliss-reactive ketones (excluding diaryl/α,β-unsaturated/α-hetero) is 1. The van der Waals surface area contributed by atoms with Crippen molar-refractivity contribution in [1.29, 1.82) is 5.26 Å². The fourth-order valence-electron chi connectivity index (χ4n) is 6.20. The van der Waals surface area contributed by atoms with Crippen LogP contribution in [0.1, 0.15) is 74.7 Å². The van der Waals surface area contributed by atoms with E-state index >= 15 is 0 Å². The van der Waals surface area contributed by atoms with Crippen molar-refractivity contribution < 1.29 is 19.2 Å². The van der Waals surface area contributed by atoms with Crippen LogP contribution in [0.5, 0.6) is 0 Å². The molecule has 34 heavy (non-hydrogen) atoms. The van der Waals surface area contributed by atoms with Crippen LogP contribution in [0.3, 0.4) is 0 Å². The molecule has 8 nitrogen and oxygen atoms in total. The lowest BCUT2D eigenvalue weighted by atomic mass is 9.85. The zero-order valence-corrected chi connectivity index (χ0v) is 21.8. The summed E-state index contributed by atoms with van der Waals surface area (Å²) in [6.45, 7) is 15.8. The molecule has 2 saturated carbocycles. The molecule has 0 radical (unpaired) electrons. The molecule has 1 aliphatic heterocycles. The lowest BCUT2D eigenvalue weighted by Crippen LogP contribution is -2.59. The van der Waals surface area contributed by atoms with Gasteiger partial charge < -0.3 is 15.5 Å². The van der Waals surface area contributed by atoms with Gasteiger partial charge in [0.2, 0.25) is 17.7 Å². The molecule has 0 aromatic heterocycles. The maximum atomic E-state index is 13.6. The third-order valence-corrected chi connectivity index (χ3v) is 8.12. The minimum absolute atomic E-state index is 0.000727. The smallest absolute Gasteiger partial charge is 0.246 e. The first-order chi connectivity index (χ1) is 15.5. The highest BCUT2D eigenvalue weighted by Crippen LogP contribution is 2.65. The minimum atomic E-state index is -0.790. The van der Waals surface area contributed by atoms with Gasteiger partial charge >= 0.3 is 0 Å². The van der Waals surface area contributed by atoms with Gasteiger partial charge in [-0.2, -0.15) is 5.26 Å². The van der Waals surface area contributed by atoms with Gasteiger partial charge in [-0.1, -0.05) is 48.5 Å².